The number of nitrogens with one attached hydrogen (secondary N) is 2. The molecule has 2 N–H and O–H groups in total. The summed E-state index contributed by atoms with van der Waals surface area (Å²) in [7, 11) is 0. The predicted molar refractivity (Wildman–Crippen MR) is 110 cm³/mol. The molecule has 1 amide bonds. The number of aromatic nitrogens is 2. The van der Waals surface area contributed by atoms with Crippen molar-refractivity contribution in [3.63, 3.8) is 0 Å². The first-order chi connectivity index (χ1) is 13.7. The molecule has 1 aliphatic heterocycles. The average Bonchev–Trinajstić information content (AvgIpc) is 3.13. The third kappa shape index (κ3) is 3.52. The van der Waals surface area contributed by atoms with Gasteiger partial charge in [0.2, 0.25) is 6.54 Å². The molecule has 1 aromatic carbocycles. The topological polar surface area (TPSA) is 66.0 Å². The number of amides is 1. The number of anilines is 2. The number of halogens is 1. The van der Waals surface area contributed by atoms with E-state index in [1.54, 1.807) is 22.8 Å². The molecule has 3 heterocycles. The third-order valence-corrected chi connectivity index (χ3v) is 5.12. The van der Waals surface area contributed by atoms with Gasteiger partial charge < -0.3 is 20.4 Å². The molecule has 8 heteroatoms. The highest BCUT2D eigenvalue weighted by Gasteiger charge is 2.20. The van der Waals surface area contributed by atoms with Gasteiger partial charge in [0.15, 0.2) is 0 Å². The van der Waals surface area contributed by atoms with Crippen molar-refractivity contribution in [2.75, 3.05) is 36.4 Å². The quantitative estimate of drug-likeness (QED) is 0.667. The number of nitrogens with zero attached hydrogens (tertiary/aromatic N) is 4. The first-order valence-corrected chi connectivity index (χ1v) is 9.40. The van der Waals surface area contributed by atoms with Crippen molar-refractivity contribution in [2.24, 2.45) is 0 Å². The molecule has 2 aromatic heterocycles. The van der Waals surface area contributed by atoms with E-state index >= 15 is 0 Å². The van der Waals surface area contributed by atoms with Gasteiger partial charge in [-0.2, -0.15) is 5.10 Å². The molecular weight excluding hydrogens is 376 g/mol. The zero-order chi connectivity index (χ0) is 19.5. The summed E-state index contributed by atoms with van der Waals surface area (Å²) < 4.78 is 1.66. The molecule has 0 aliphatic carbocycles. The summed E-state index contributed by atoms with van der Waals surface area (Å²) in [5.41, 5.74) is 3.61. The summed E-state index contributed by atoms with van der Waals surface area (Å²) in [5, 5.41) is 11.0. The first kappa shape index (κ1) is 18.3. The van der Waals surface area contributed by atoms with Crippen LogP contribution >= 0.6 is 11.6 Å². The highest BCUT2D eigenvalue weighted by molar-refractivity contribution is 6.34. The van der Waals surface area contributed by atoms with Crippen LogP contribution in [0.5, 0.6) is 0 Å². The molecule has 4 rings (SSSR count). The van der Waals surface area contributed by atoms with E-state index in [-0.39, 0.29) is 12.5 Å². The Hall–Kier alpha value is -3.08. The summed E-state index contributed by atoms with van der Waals surface area (Å²) >= 11 is 6.15. The van der Waals surface area contributed by atoms with Crippen molar-refractivity contribution < 1.29 is 4.79 Å². The second-order valence-electron chi connectivity index (χ2n) is 6.56. The minimum atomic E-state index is -0.271. The van der Waals surface area contributed by atoms with Gasteiger partial charge in [-0.1, -0.05) is 23.7 Å². The van der Waals surface area contributed by atoms with Gasteiger partial charge in [0.25, 0.3) is 5.91 Å². The molecule has 1 aliphatic rings. The number of carbonyl (C=O) groups is 1. The number of para-hydroxylation sites is 1. The molecular formula is C20H19ClN6O. The number of hydrogen-bond donors (Lipinski definition) is 2. The molecule has 28 heavy (non-hydrogen) atoms. The SMILES string of the molecule is [C-]#[N+]Cc1cn2ncc(C(=O)Nc3ccccc3Cl)c2cc1N1CCNCC1. The van der Waals surface area contributed by atoms with Gasteiger partial charge in [0, 0.05) is 32.4 Å². The van der Waals surface area contributed by atoms with Crippen LogP contribution in [0.3, 0.4) is 0 Å². The first-order valence-electron chi connectivity index (χ1n) is 9.02. The Kier molecular flexibility index (Phi) is 5.15. The Morgan fingerprint density at radius 3 is 2.86 bits per heavy atom. The number of carbonyl (C=O) groups excluding carboxylic acids is 1. The summed E-state index contributed by atoms with van der Waals surface area (Å²) in [6.07, 6.45) is 3.39. The Morgan fingerprint density at radius 1 is 1.32 bits per heavy atom. The number of piperazine rings is 1. The van der Waals surface area contributed by atoms with Crippen molar-refractivity contribution in [2.45, 2.75) is 6.54 Å². The molecule has 7 nitrogen and oxygen atoms in total. The third-order valence-electron chi connectivity index (χ3n) is 4.79. The van der Waals surface area contributed by atoms with Gasteiger partial charge >= 0.3 is 0 Å². The van der Waals surface area contributed by atoms with Crippen molar-refractivity contribution >= 4 is 34.4 Å². The van der Waals surface area contributed by atoms with Crippen molar-refractivity contribution in [3.8, 4) is 0 Å². The van der Waals surface area contributed by atoms with E-state index in [1.165, 1.54) is 0 Å². The minimum absolute atomic E-state index is 0.271. The van der Waals surface area contributed by atoms with Gasteiger partial charge in [-0.3, -0.25) is 4.79 Å². The van der Waals surface area contributed by atoms with Crippen LogP contribution in [0.1, 0.15) is 15.9 Å². The lowest BCUT2D eigenvalue weighted by Crippen LogP contribution is -2.43. The Balaban J connectivity index is 1.72. The van der Waals surface area contributed by atoms with E-state index in [1.807, 2.05) is 24.4 Å². The zero-order valence-electron chi connectivity index (χ0n) is 15.2. The van der Waals surface area contributed by atoms with Crippen LogP contribution in [-0.2, 0) is 6.54 Å². The standard InChI is InChI=1S/C20H19ClN6O/c1-22-11-14-13-27-19(10-18(14)26-8-6-23-7-9-26)15(12-24-27)20(28)25-17-5-3-2-4-16(17)21/h2-5,10,12-13,23H,6-9,11H2,(H,25,28). The molecule has 3 aromatic rings. The van der Waals surface area contributed by atoms with E-state index in [0.29, 0.717) is 21.8 Å². The zero-order valence-corrected chi connectivity index (χ0v) is 15.9. The highest BCUT2D eigenvalue weighted by atomic mass is 35.5. The number of benzene rings is 1. The highest BCUT2D eigenvalue weighted by Crippen LogP contribution is 2.27. The Bertz CT molecular complexity index is 1060. The summed E-state index contributed by atoms with van der Waals surface area (Å²) in [6.45, 7) is 11.0. The van der Waals surface area contributed by atoms with Crippen LogP contribution in [0.4, 0.5) is 11.4 Å². The lowest BCUT2D eigenvalue weighted by atomic mass is 10.1. The Labute approximate surface area is 167 Å². The molecule has 0 saturated carbocycles. The molecule has 142 valence electrons. The maximum absolute atomic E-state index is 12.8. The van der Waals surface area contributed by atoms with Crippen molar-refractivity contribution in [3.05, 3.63) is 70.3 Å². The summed E-state index contributed by atoms with van der Waals surface area (Å²) in [6, 6.07) is 9.07. The molecule has 0 unspecified atom stereocenters. The molecule has 0 bridgehead atoms. The van der Waals surface area contributed by atoms with Crippen molar-refractivity contribution in [1.29, 1.82) is 0 Å². The normalized spacial score (nSPS) is 14.1. The number of pyridine rings is 1. The maximum Gasteiger partial charge on any atom is 0.259 e. The molecule has 0 spiro atoms. The fourth-order valence-corrected chi connectivity index (χ4v) is 3.57. The van der Waals surface area contributed by atoms with Gasteiger partial charge in [-0.05, 0) is 18.2 Å². The fourth-order valence-electron chi connectivity index (χ4n) is 3.39. The lowest BCUT2D eigenvalue weighted by molar-refractivity contribution is 0.102. The van der Waals surface area contributed by atoms with E-state index in [4.69, 9.17) is 18.2 Å². The fraction of sp³-hybridized carbons (Fsp3) is 0.250. The van der Waals surface area contributed by atoms with Crippen LogP contribution in [0.2, 0.25) is 5.02 Å². The van der Waals surface area contributed by atoms with Crippen LogP contribution in [0.15, 0.2) is 42.7 Å². The maximum atomic E-state index is 12.8. The smallest absolute Gasteiger partial charge is 0.259 e. The molecule has 1 saturated heterocycles. The molecule has 0 radical (unpaired) electrons. The van der Waals surface area contributed by atoms with Gasteiger partial charge in [-0.25, -0.2) is 11.1 Å². The summed E-state index contributed by atoms with van der Waals surface area (Å²) in [5.74, 6) is -0.271. The van der Waals surface area contributed by atoms with Crippen LogP contribution in [0.25, 0.3) is 10.4 Å². The Morgan fingerprint density at radius 2 is 2.11 bits per heavy atom. The number of hydrogen-bond acceptors (Lipinski definition) is 4. The number of rotatable bonds is 4. The lowest BCUT2D eigenvalue weighted by Gasteiger charge is -2.30. The molecule has 0 atom stereocenters. The van der Waals surface area contributed by atoms with Gasteiger partial charge in [0.05, 0.1) is 39.2 Å². The summed E-state index contributed by atoms with van der Waals surface area (Å²) in [4.78, 5) is 18.6. The van der Waals surface area contributed by atoms with Crippen LogP contribution < -0.4 is 15.5 Å². The van der Waals surface area contributed by atoms with E-state index < -0.39 is 0 Å². The average molecular weight is 395 g/mol. The second kappa shape index (κ2) is 7.89. The second-order valence-corrected chi connectivity index (χ2v) is 6.97. The minimum Gasteiger partial charge on any atom is -0.368 e. The molecule has 1 fully saturated rings. The van der Waals surface area contributed by atoms with Gasteiger partial charge in [-0.15, -0.1) is 0 Å². The predicted octanol–water partition coefficient (Wildman–Crippen LogP) is 3.07. The largest absolute Gasteiger partial charge is 0.368 e. The van der Waals surface area contributed by atoms with Crippen molar-refractivity contribution in [1.82, 2.24) is 14.9 Å². The van der Waals surface area contributed by atoms with E-state index in [0.717, 1.165) is 37.4 Å². The van der Waals surface area contributed by atoms with Crippen LogP contribution in [-0.4, -0.2) is 41.7 Å². The van der Waals surface area contributed by atoms with Gasteiger partial charge in [0.1, 0.15) is 0 Å². The number of fused-ring (bicyclic) bond motifs is 1. The van der Waals surface area contributed by atoms with Crippen LogP contribution in [0, 0.1) is 6.57 Å². The van der Waals surface area contributed by atoms with E-state index in [9.17, 15) is 4.79 Å². The monoisotopic (exact) mass is 394 g/mol. The van der Waals surface area contributed by atoms with E-state index in [2.05, 4.69) is 25.5 Å².